The Hall–Kier alpha value is -0.830. The highest BCUT2D eigenvalue weighted by molar-refractivity contribution is 9.09. The molecule has 1 unspecified atom stereocenters. The number of carbonyl (C=O) groups is 1. The molecular formula is C11H13BrO2. The van der Waals surface area contributed by atoms with Crippen molar-refractivity contribution in [1.82, 2.24) is 0 Å². The molecule has 1 atom stereocenters. The number of rotatable bonds is 2. The van der Waals surface area contributed by atoms with Gasteiger partial charge in [0.1, 0.15) is 0 Å². The van der Waals surface area contributed by atoms with Crippen molar-refractivity contribution in [3.63, 3.8) is 0 Å². The quantitative estimate of drug-likeness (QED) is 0.561. The van der Waals surface area contributed by atoms with E-state index in [4.69, 9.17) is 4.74 Å². The predicted octanol–water partition coefficient (Wildman–Crippen LogP) is 2.61. The normalized spacial score (nSPS) is 20.9. The molecule has 0 N–H and O–H groups in total. The lowest BCUT2D eigenvalue weighted by molar-refractivity contribution is -0.135. The Bertz CT molecular complexity index is 313. The van der Waals surface area contributed by atoms with E-state index in [9.17, 15) is 4.79 Å². The van der Waals surface area contributed by atoms with Gasteiger partial charge in [-0.05, 0) is 11.5 Å². The molecule has 0 saturated carbocycles. The van der Waals surface area contributed by atoms with Crippen molar-refractivity contribution in [3.8, 4) is 0 Å². The van der Waals surface area contributed by atoms with Crippen molar-refractivity contribution in [2.45, 2.75) is 6.92 Å². The molecule has 14 heavy (non-hydrogen) atoms. The first-order chi connectivity index (χ1) is 6.69. The van der Waals surface area contributed by atoms with Crippen molar-refractivity contribution in [1.29, 1.82) is 0 Å². The highest BCUT2D eigenvalue weighted by Crippen LogP contribution is 2.20. The Labute approximate surface area is 92.5 Å². The lowest BCUT2D eigenvalue weighted by Crippen LogP contribution is -2.08. The number of hydrogen-bond donors (Lipinski definition) is 0. The largest absolute Gasteiger partial charge is 0.465 e. The third kappa shape index (κ3) is 2.58. The maximum Gasteiger partial charge on any atom is 0.337 e. The second-order valence-electron chi connectivity index (χ2n) is 3.14. The number of carbonyl (C=O) groups excluding carboxylic acids is 1. The van der Waals surface area contributed by atoms with E-state index in [1.807, 2.05) is 31.2 Å². The van der Waals surface area contributed by atoms with Crippen molar-refractivity contribution in [2.75, 3.05) is 12.4 Å². The number of hydrogen-bond acceptors (Lipinski definition) is 2. The van der Waals surface area contributed by atoms with Crippen LogP contribution >= 0.6 is 15.9 Å². The average Bonchev–Trinajstić information content (AvgIpc) is 2.38. The number of allylic oxidation sites excluding steroid dienone is 4. The highest BCUT2D eigenvalue weighted by atomic mass is 79.9. The molecule has 0 heterocycles. The third-order valence-corrected chi connectivity index (χ3v) is 2.64. The maximum atomic E-state index is 11.5. The van der Waals surface area contributed by atoms with Crippen LogP contribution in [0.2, 0.25) is 0 Å². The Morgan fingerprint density at radius 1 is 1.64 bits per heavy atom. The summed E-state index contributed by atoms with van der Waals surface area (Å²) in [7, 11) is 1.40. The summed E-state index contributed by atoms with van der Waals surface area (Å²) >= 11 is 3.35. The van der Waals surface area contributed by atoms with Crippen LogP contribution < -0.4 is 0 Å². The summed E-state index contributed by atoms with van der Waals surface area (Å²) in [5.41, 5.74) is 1.61. The van der Waals surface area contributed by atoms with Crippen molar-refractivity contribution < 1.29 is 9.53 Å². The smallest absolute Gasteiger partial charge is 0.337 e. The van der Waals surface area contributed by atoms with Gasteiger partial charge in [-0.3, -0.25) is 0 Å². The van der Waals surface area contributed by atoms with Crippen LogP contribution in [0.1, 0.15) is 6.92 Å². The zero-order valence-electron chi connectivity index (χ0n) is 8.29. The molecule has 0 amide bonds. The molecule has 76 valence electrons. The summed E-state index contributed by atoms with van der Waals surface area (Å²) in [6.07, 6.45) is 7.86. The summed E-state index contributed by atoms with van der Waals surface area (Å²) in [6.45, 7) is 2.03. The number of methoxy groups -OCH3 is 1. The molecule has 0 aromatic heterocycles. The van der Waals surface area contributed by atoms with Crippen LogP contribution in [0.15, 0.2) is 35.5 Å². The Morgan fingerprint density at radius 3 is 2.93 bits per heavy atom. The van der Waals surface area contributed by atoms with Gasteiger partial charge in [-0.1, -0.05) is 47.2 Å². The fourth-order valence-corrected chi connectivity index (χ4v) is 1.78. The average molecular weight is 257 g/mol. The highest BCUT2D eigenvalue weighted by Gasteiger charge is 2.15. The van der Waals surface area contributed by atoms with Crippen LogP contribution in [0.3, 0.4) is 0 Å². The molecule has 2 nitrogen and oxygen atoms in total. The SMILES string of the molecule is COC(=O)C1=CC(C)C=CC=C1CBr. The van der Waals surface area contributed by atoms with Crippen molar-refractivity contribution in [2.24, 2.45) is 5.92 Å². The molecule has 0 aliphatic heterocycles. The molecule has 1 aliphatic rings. The van der Waals surface area contributed by atoms with Gasteiger partial charge in [0.15, 0.2) is 0 Å². The topological polar surface area (TPSA) is 26.3 Å². The van der Waals surface area contributed by atoms with Gasteiger partial charge in [-0.25, -0.2) is 4.79 Å². The number of alkyl halides is 1. The van der Waals surface area contributed by atoms with Gasteiger partial charge in [-0.15, -0.1) is 0 Å². The second kappa shape index (κ2) is 5.15. The van der Waals surface area contributed by atoms with E-state index in [1.54, 1.807) is 0 Å². The van der Waals surface area contributed by atoms with E-state index in [-0.39, 0.29) is 11.9 Å². The standard InChI is InChI=1S/C11H13BrO2/c1-8-4-3-5-9(7-12)10(6-8)11(13)14-2/h3-6,8H,7H2,1-2H3. The van der Waals surface area contributed by atoms with E-state index in [0.29, 0.717) is 10.9 Å². The number of halogens is 1. The first-order valence-electron chi connectivity index (χ1n) is 4.43. The van der Waals surface area contributed by atoms with Crippen LogP contribution in [-0.2, 0) is 9.53 Å². The molecule has 0 radical (unpaired) electrons. The van der Waals surface area contributed by atoms with E-state index >= 15 is 0 Å². The van der Waals surface area contributed by atoms with Crippen LogP contribution in [0.25, 0.3) is 0 Å². The van der Waals surface area contributed by atoms with E-state index in [1.165, 1.54) is 7.11 Å². The fraction of sp³-hybridized carbons (Fsp3) is 0.364. The summed E-state index contributed by atoms with van der Waals surface area (Å²) < 4.78 is 4.73. The van der Waals surface area contributed by atoms with Gasteiger partial charge in [0.2, 0.25) is 0 Å². The monoisotopic (exact) mass is 256 g/mol. The summed E-state index contributed by atoms with van der Waals surface area (Å²) in [5, 5.41) is 0.658. The van der Waals surface area contributed by atoms with Crippen LogP contribution in [0.4, 0.5) is 0 Å². The van der Waals surface area contributed by atoms with Crippen LogP contribution in [0, 0.1) is 5.92 Å². The van der Waals surface area contributed by atoms with Crippen molar-refractivity contribution >= 4 is 21.9 Å². The molecule has 0 aromatic rings. The summed E-state index contributed by atoms with van der Waals surface area (Å²) in [6, 6.07) is 0. The summed E-state index contributed by atoms with van der Waals surface area (Å²) in [4.78, 5) is 11.5. The van der Waals surface area contributed by atoms with Gasteiger partial charge in [0.05, 0.1) is 12.7 Å². The van der Waals surface area contributed by atoms with Gasteiger partial charge in [0, 0.05) is 5.33 Å². The minimum absolute atomic E-state index is 0.261. The Balaban J connectivity index is 3.03. The molecule has 0 fully saturated rings. The van der Waals surface area contributed by atoms with Crippen LogP contribution in [-0.4, -0.2) is 18.4 Å². The first-order valence-corrected chi connectivity index (χ1v) is 5.55. The van der Waals surface area contributed by atoms with E-state index in [0.717, 1.165) is 5.57 Å². The fourth-order valence-electron chi connectivity index (χ4n) is 1.29. The lowest BCUT2D eigenvalue weighted by Gasteiger charge is -2.07. The van der Waals surface area contributed by atoms with Gasteiger partial charge in [-0.2, -0.15) is 0 Å². The van der Waals surface area contributed by atoms with E-state index in [2.05, 4.69) is 15.9 Å². The maximum absolute atomic E-state index is 11.5. The number of esters is 1. The zero-order valence-corrected chi connectivity index (χ0v) is 9.87. The molecule has 0 bridgehead atoms. The first kappa shape index (κ1) is 11.2. The molecule has 0 spiro atoms. The van der Waals surface area contributed by atoms with Crippen molar-refractivity contribution in [3.05, 3.63) is 35.5 Å². The second-order valence-corrected chi connectivity index (χ2v) is 3.70. The molecule has 0 aromatic carbocycles. The van der Waals surface area contributed by atoms with E-state index < -0.39 is 0 Å². The molecule has 0 saturated heterocycles. The molecule has 1 rings (SSSR count). The summed E-state index contributed by atoms with van der Waals surface area (Å²) in [5.74, 6) is -0.0110. The molecule has 1 aliphatic carbocycles. The molecule has 3 heteroatoms. The Kier molecular flexibility index (Phi) is 4.14. The zero-order chi connectivity index (χ0) is 10.6. The van der Waals surface area contributed by atoms with Gasteiger partial charge < -0.3 is 4.74 Å². The number of ether oxygens (including phenoxy) is 1. The lowest BCUT2D eigenvalue weighted by atomic mass is 10.0. The minimum Gasteiger partial charge on any atom is -0.465 e. The minimum atomic E-state index is -0.272. The van der Waals surface area contributed by atoms with Gasteiger partial charge >= 0.3 is 5.97 Å². The predicted molar refractivity (Wildman–Crippen MR) is 60.3 cm³/mol. The molecular weight excluding hydrogens is 244 g/mol. The van der Waals surface area contributed by atoms with Crippen LogP contribution in [0.5, 0.6) is 0 Å². The van der Waals surface area contributed by atoms with Gasteiger partial charge in [0.25, 0.3) is 0 Å². The third-order valence-electron chi connectivity index (χ3n) is 2.04. The Morgan fingerprint density at radius 2 is 2.36 bits per heavy atom.